The first kappa shape index (κ1) is 17.7. The lowest BCUT2D eigenvalue weighted by atomic mass is 10.1. The number of hydrogen-bond donors (Lipinski definition) is 0. The summed E-state index contributed by atoms with van der Waals surface area (Å²) in [5.41, 5.74) is 2.17. The molecule has 0 bridgehead atoms. The Morgan fingerprint density at radius 2 is 1.42 bits per heavy atom. The average molecular weight is 327 g/mol. The fourth-order valence-corrected chi connectivity index (χ4v) is 2.04. The second-order valence-corrected chi connectivity index (χ2v) is 5.89. The predicted octanol–water partition coefficient (Wildman–Crippen LogP) is 3.88. The molecule has 0 N–H and O–H groups in total. The van der Waals surface area contributed by atoms with Crippen molar-refractivity contribution in [1.29, 1.82) is 0 Å². The van der Waals surface area contributed by atoms with Gasteiger partial charge < -0.3 is 9.47 Å². The van der Waals surface area contributed by atoms with E-state index in [0.717, 1.165) is 5.56 Å². The summed E-state index contributed by atoms with van der Waals surface area (Å²) in [5, 5.41) is 0. The van der Waals surface area contributed by atoms with Crippen molar-refractivity contribution in [2.45, 2.75) is 39.9 Å². The van der Waals surface area contributed by atoms with E-state index in [0.29, 0.717) is 11.3 Å². The quantitative estimate of drug-likeness (QED) is 0.780. The van der Waals surface area contributed by atoms with E-state index in [1.807, 2.05) is 0 Å². The Labute approximate surface area is 141 Å². The summed E-state index contributed by atoms with van der Waals surface area (Å²) in [6, 6.07) is 12.1. The van der Waals surface area contributed by atoms with Crippen LogP contribution in [-0.2, 0) is 9.47 Å². The third-order valence-corrected chi connectivity index (χ3v) is 3.06. The van der Waals surface area contributed by atoms with Gasteiger partial charge in [0.2, 0.25) is 0 Å². The van der Waals surface area contributed by atoms with Crippen molar-refractivity contribution in [3.8, 4) is 11.3 Å². The van der Waals surface area contributed by atoms with Crippen molar-refractivity contribution < 1.29 is 19.1 Å². The van der Waals surface area contributed by atoms with Crippen molar-refractivity contribution in [3.05, 3.63) is 53.7 Å². The summed E-state index contributed by atoms with van der Waals surface area (Å²) in [6.07, 6.45) is -0.364. The number of ether oxygens (including phenoxy) is 2. The van der Waals surface area contributed by atoms with E-state index >= 15 is 0 Å². The molecule has 0 unspecified atom stereocenters. The third kappa shape index (κ3) is 4.65. The largest absolute Gasteiger partial charge is 0.459 e. The molecule has 1 heterocycles. The molecule has 0 saturated heterocycles. The van der Waals surface area contributed by atoms with Gasteiger partial charge >= 0.3 is 11.9 Å². The Kier molecular flexibility index (Phi) is 5.68. The minimum Gasteiger partial charge on any atom is -0.459 e. The van der Waals surface area contributed by atoms with Crippen LogP contribution in [-0.4, -0.2) is 29.1 Å². The van der Waals surface area contributed by atoms with Gasteiger partial charge in [-0.25, -0.2) is 14.6 Å². The average Bonchev–Trinajstić information content (AvgIpc) is 2.54. The van der Waals surface area contributed by atoms with E-state index in [2.05, 4.69) is 4.98 Å². The number of esters is 2. The first-order valence-electron chi connectivity index (χ1n) is 7.86. The molecule has 0 aliphatic carbocycles. The zero-order chi connectivity index (χ0) is 17.7. The highest BCUT2D eigenvalue weighted by molar-refractivity contribution is 5.90. The van der Waals surface area contributed by atoms with Crippen LogP contribution in [0.5, 0.6) is 0 Å². The first-order valence-corrected chi connectivity index (χ1v) is 7.86. The topological polar surface area (TPSA) is 65.5 Å². The summed E-state index contributed by atoms with van der Waals surface area (Å²) in [4.78, 5) is 28.1. The van der Waals surface area contributed by atoms with Crippen LogP contribution in [0.3, 0.4) is 0 Å². The molecule has 1 aromatic carbocycles. The van der Waals surface area contributed by atoms with Crippen LogP contribution in [0.4, 0.5) is 0 Å². The van der Waals surface area contributed by atoms with Gasteiger partial charge in [-0.1, -0.05) is 18.2 Å². The number of carbonyl (C=O) groups is 2. The molecule has 0 aliphatic heterocycles. The van der Waals surface area contributed by atoms with Crippen LogP contribution in [0.1, 0.15) is 48.5 Å². The summed E-state index contributed by atoms with van der Waals surface area (Å²) in [5.74, 6) is -0.817. The lowest BCUT2D eigenvalue weighted by Crippen LogP contribution is -2.13. The molecule has 0 spiro atoms. The number of hydrogen-bond acceptors (Lipinski definition) is 5. The molecule has 0 radical (unpaired) electrons. The molecule has 0 fully saturated rings. The highest BCUT2D eigenvalue weighted by Gasteiger charge is 2.13. The molecule has 5 heteroatoms. The summed E-state index contributed by atoms with van der Waals surface area (Å²) in [7, 11) is 0. The number of benzene rings is 1. The zero-order valence-corrected chi connectivity index (χ0v) is 14.3. The maximum Gasteiger partial charge on any atom is 0.357 e. The summed E-state index contributed by atoms with van der Waals surface area (Å²) in [6.45, 7) is 7.18. The van der Waals surface area contributed by atoms with Gasteiger partial charge in [-0.15, -0.1) is 0 Å². The summed E-state index contributed by atoms with van der Waals surface area (Å²) >= 11 is 0. The van der Waals surface area contributed by atoms with Crippen LogP contribution in [0, 0.1) is 0 Å². The molecule has 0 amide bonds. The molecular weight excluding hydrogens is 306 g/mol. The Morgan fingerprint density at radius 1 is 0.833 bits per heavy atom. The molecule has 5 nitrogen and oxygen atoms in total. The lowest BCUT2D eigenvalue weighted by Gasteiger charge is -2.09. The Hall–Kier alpha value is -2.69. The Morgan fingerprint density at radius 3 is 2.00 bits per heavy atom. The third-order valence-electron chi connectivity index (χ3n) is 3.06. The van der Waals surface area contributed by atoms with Gasteiger partial charge in [0.15, 0.2) is 0 Å². The highest BCUT2D eigenvalue weighted by Crippen LogP contribution is 2.19. The van der Waals surface area contributed by atoms with Crippen molar-refractivity contribution in [3.63, 3.8) is 0 Å². The van der Waals surface area contributed by atoms with E-state index in [1.54, 1.807) is 70.2 Å². The highest BCUT2D eigenvalue weighted by atomic mass is 16.5. The minimum absolute atomic E-state index is 0.164. The predicted molar refractivity (Wildman–Crippen MR) is 90.8 cm³/mol. The molecule has 0 atom stereocenters. The van der Waals surface area contributed by atoms with E-state index in [9.17, 15) is 9.59 Å². The number of nitrogens with zero attached hydrogens (tertiary/aromatic N) is 1. The SMILES string of the molecule is CC(C)OC(=O)c1ccc(-c2cccc(C(=O)OC(C)C)n2)cc1. The molecule has 0 aliphatic rings. The smallest absolute Gasteiger partial charge is 0.357 e. The van der Waals surface area contributed by atoms with Gasteiger partial charge in [-0.05, 0) is 52.0 Å². The van der Waals surface area contributed by atoms with E-state index in [-0.39, 0.29) is 23.9 Å². The maximum absolute atomic E-state index is 11.9. The number of pyridine rings is 1. The van der Waals surface area contributed by atoms with Crippen LogP contribution >= 0.6 is 0 Å². The lowest BCUT2D eigenvalue weighted by molar-refractivity contribution is 0.0363. The molecule has 2 rings (SSSR count). The fourth-order valence-electron chi connectivity index (χ4n) is 2.04. The van der Waals surface area contributed by atoms with Crippen molar-refractivity contribution >= 4 is 11.9 Å². The van der Waals surface area contributed by atoms with Gasteiger partial charge in [0.25, 0.3) is 0 Å². The monoisotopic (exact) mass is 327 g/mol. The first-order chi connectivity index (χ1) is 11.4. The van der Waals surface area contributed by atoms with Crippen LogP contribution in [0.15, 0.2) is 42.5 Å². The van der Waals surface area contributed by atoms with Gasteiger partial charge in [0.05, 0.1) is 23.5 Å². The standard InChI is InChI=1S/C19H21NO4/c1-12(2)23-18(21)15-10-8-14(9-11-15)16-6-5-7-17(20-16)19(22)24-13(3)4/h5-13H,1-4H3. The molecular formula is C19H21NO4. The normalized spacial score (nSPS) is 10.8. The van der Waals surface area contributed by atoms with E-state index in [4.69, 9.17) is 9.47 Å². The van der Waals surface area contributed by atoms with Crippen molar-refractivity contribution in [2.75, 3.05) is 0 Å². The second kappa shape index (κ2) is 7.73. The van der Waals surface area contributed by atoms with Gasteiger partial charge in [-0.3, -0.25) is 0 Å². The molecule has 0 saturated carbocycles. The molecule has 24 heavy (non-hydrogen) atoms. The Bertz CT molecular complexity index is 720. The van der Waals surface area contributed by atoms with Gasteiger partial charge in [0.1, 0.15) is 5.69 Å². The van der Waals surface area contributed by atoms with E-state index < -0.39 is 5.97 Å². The fraction of sp³-hybridized carbons (Fsp3) is 0.316. The summed E-state index contributed by atoms with van der Waals surface area (Å²) < 4.78 is 10.3. The number of rotatable bonds is 5. The molecule has 1 aromatic heterocycles. The van der Waals surface area contributed by atoms with Crippen molar-refractivity contribution in [2.24, 2.45) is 0 Å². The molecule has 2 aromatic rings. The van der Waals surface area contributed by atoms with Crippen molar-refractivity contribution in [1.82, 2.24) is 4.98 Å². The van der Waals surface area contributed by atoms with Crippen LogP contribution in [0.2, 0.25) is 0 Å². The minimum atomic E-state index is -0.455. The maximum atomic E-state index is 11.9. The van der Waals surface area contributed by atoms with Gasteiger partial charge in [-0.2, -0.15) is 0 Å². The van der Waals surface area contributed by atoms with Crippen LogP contribution in [0.25, 0.3) is 11.3 Å². The molecule has 126 valence electrons. The second-order valence-electron chi connectivity index (χ2n) is 5.89. The van der Waals surface area contributed by atoms with Gasteiger partial charge in [0, 0.05) is 5.56 Å². The zero-order valence-electron chi connectivity index (χ0n) is 14.3. The van der Waals surface area contributed by atoms with Crippen LogP contribution < -0.4 is 0 Å². The van der Waals surface area contributed by atoms with E-state index in [1.165, 1.54) is 0 Å². The number of carbonyl (C=O) groups excluding carboxylic acids is 2. The number of aromatic nitrogens is 1. The Balaban J connectivity index is 2.20.